The summed E-state index contributed by atoms with van der Waals surface area (Å²) in [5.41, 5.74) is 0.396. The van der Waals surface area contributed by atoms with E-state index in [0.717, 1.165) is 9.35 Å². The smallest absolute Gasteiger partial charge is 0.270 e. The summed E-state index contributed by atoms with van der Waals surface area (Å²) in [7, 11) is 0. The standard InChI is InChI=1S/C12H10BrClN2OS/c1-7(10-4-5-11(14)18-10)16-12(17)9-3-2-8(13)6-15-9/h2-7H,1H3,(H,16,17). The lowest BCUT2D eigenvalue weighted by Crippen LogP contribution is -2.26. The summed E-state index contributed by atoms with van der Waals surface area (Å²) in [6.07, 6.45) is 1.60. The van der Waals surface area contributed by atoms with Crippen molar-refractivity contribution in [2.75, 3.05) is 0 Å². The van der Waals surface area contributed by atoms with Crippen molar-refractivity contribution in [3.63, 3.8) is 0 Å². The van der Waals surface area contributed by atoms with Crippen molar-refractivity contribution in [2.45, 2.75) is 13.0 Å². The van der Waals surface area contributed by atoms with Gasteiger partial charge >= 0.3 is 0 Å². The number of hydrogen-bond acceptors (Lipinski definition) is 3. The lowest BCUT2D eigenvalue weighted by atomic mass is 10.2. The molecule has 2 rings (SSSR count). The largest absolute Gasteiger partial charge is 0.343 e. The second-order valence-electron chi connectivity index (χ2n) is 3.70. The minimum atomic E-state index is -0.195. The minimum absolute atomic E-state index is 0.0829. The van der Waals surface area contributed by atoms with Crippen molar-refractivity contribution in [3.8, 4) is 0 Å². The van der Waals surface area contributed by atoms with E-state index in [4.69, 9.17) is 11.6 Å². The van der Waals surface area contributed by atoms with Gasteiger partial charge in [0.05, 0.1) is 10.4 Å². The quantitative estimate of drug-likeness (QED) is 0.912. The molecular formula is C12H10BrClN2OS. The Morgan fingerprint density at radius 2 is 2.22 bits per heavy atom. The average Bonchev–Trinajstić information content (AvgIpc) is 2.76. The number of pyridine rings is 1. The van der Waals surface area contributed by atoms with Gasteiger partial charge in [-0.2, -0.15) is 0 Å². The first-order valence-electron chi connectivity index (χ1n) is 5.24. The van der Waals surface area contributed by atoms with Gasteiger partial charge in [0.2, 0.25) is 0 Å². The molecule has 0 radical (unpaired) electrons. The van der Waals surface area contributed by atoms with Crippen LogP contribution in [-0.4, -0.2) is 10.9 Å². The molecule has 2 heterocycles. The lowest BCUT2D eigenvalue weighted by molar-refractivity contribution is 0.0935. The highest BCUT2D eigenvalue weighted by Gasteiger charge is 2.13. The van der Waals surface area contributed by atoms with Crippen LogP contribution in [0.5, 0.6) is 0 Å². The van der Waals surface area contributed by atoms with E-state index >= 15 is 0 Å². The molecule has 0 aliphatic carbocycles. The summed E-state index contributed by atoms with van der Waals surface area (Å²) in [6, 6.07) is 7.11. The summed E-state index contributed by atoms with van der Waals surface area (Å²) in [4.78, 5) is 17.0. The Balaban J connectivity index is 2.05. The Bertz CT molecular complexity index is 555. The van der Waals surface area contributed by atoms with E-state index in [0.29, 0.717) is 10.0 Å². The molecule has 0 bridgehead atoms. The van der Waals surface area contributed by atoms with Crippen molar-refractivity contribution in [3.05, 3.63) is 49.8 Å². The van der Waals surface area contributed by atoms with Gasteiger partial charge in [-0.15, -0.1) is 11.3 Å². The van der Waals surface area contributed by atoms with Gasteiger partial charge in [-0.1, -0.05) is 11.6 Å². The van der Waals surface area contributed by atoms with Gasteiger partial charge in [0.1, 0.15) is 5.69 Å². The molecule has 1 unspecified atom stereocenters. The predicted octanol–water partition coefficient (Wildman–Crippen LogP) is 4.05. The molecule has 3 nitrogen and oxygen atoms in total. The second-order valence-corrected chi connectivity index (χ2v) is 6.36. The minimum Gasteiger partial charge on any atom is -0.343 e. The van der Waals surface area contributed by atoms with Gasteiger partial charge in [0.25, 0.3) is 5.91 Å². The number of nitrogens with one attached hydrogen (secondary N) is 1. The number of hydrogen-bond donors (Lipinski definition) is 1. The van der Waals surface area contributed by atoms with Crippen molar-refractivity contribution < 1.29 is 4.79 Å². The number of aromatic nitrogens is 1. The molecule has 94 valence electrons. The van der Waals surface area contributed by atoms with Crippen LogP contribution in [0.1, 0.15) is 28.3 Å². The zero-order valence-electron chi connectivity index (χ0n) is 9.48. The number of amides is 1. The predicted molar refractivity (Wildman–Crippen MR) is 77.1 cm³/mol. The first-order chi connectivity index (χ1) is 8.56. The van der Waals surface area contributed by atoms with Crippen molar-refractivity contribution >= 4 is 44.8 Å². The van der Waals surface area contributed by atoms with E-state index in [9.17, 15) is 4.79 Å². The average molecular weight is 346 g/mol. The summed E-state index contributed by atoms with van der Waals surface area (Å²) >= 11 is 10.6. The number of nitrogens with zero attached hydrogens (tertiary/aromatic N) is 1. The molecule has 0 aliphatic rings. The van der Waals surface area contributed by atoms with Crippen LogP contribution in [0.2, 0.25) is 4.34 Å². The maximum Gasteiger partial charge on any atom is 0.270 e. The zero-order valence-corrected chi connectivity index (χ0v) is 12.6. The Kier molecular flexibility index (Phi) is 4.37. The molecule has 0 aliphatic heterocycles. The normalized spacial score (nSPS) is 12.2. The molecule has 18 heavy (non-hydrogen) atoms. The fourth-order valence-electron chi connectivity index (χ4n) is 1.41. The third kappa shape index (κ3) is 3.31. The molecule has 0 saturated heterocycles. The molecule has 1 N–H and O–H groups in total. The van der Waals surface area contributed by atoms with Crippen LogP contribution in [0.25, 0.3) is 0 Å². The Labute approximate surface area is 122 Å². The van der Waals surface area contributed by atoms with Crippen LogP contribution in [0.4, 0.5) is 0 Å². The Morgan fingerprint density at radius 3 is 2.78 bits per heavy atom. The fraction of sp³-hybridized carbons (Fsp3) is 0.167. The summed E-state index contributed by atoms with van der Waals surface area (Å²) < 4.78 is 1.56. The number of carbonyl (C=O) groups excluding carboxylic acids is 1. The Hall–Kier alpha value is -0.910. The van der Waals surface area contributed by atoms with Gasteiger partial charge < -0.3 is 5.32 Å². The second kappa shape index (κ2) is 5.82. The molecule has 0 aromatic carbocycles. The Morgan fingerprint density at radius 1 is 1.44 bits per heavy atom. The maximum atomic E-state index is 11.9. The van der Waals surface area contributed by atoms with Gasteiger partial charge in [-0.05, 0) is 47.1 Å². The SMILES string of the molecule is CC(NC(=O)c1ccc(Br)cn1)c1ccc(Cl)s1. The van der Waals surface area contributed by atoms with Gasteiger partial charge in [0.15, 0.2) is 0 Å². The van der Waals surface area contributed by atoms with Crippen molar-refractivity contribution in [1.29, 1.82) is 0 Å². The summed E-state index contributed by atoms with van der Waals surface area (Å²) in [5.74, 6) is -0.195. The van der Waals surface area contributed by atoms with Crippen LogP contribution in [0, 0.1) is 0 Å². The molecular weight excluding hydrogens is 336 g/mol. The topological polar surface area (TPSA) is 42.0 Å². The molecule has 2 aromatic heterocycles. The highest BCUT2D eigenvalue weighted by atomic mass is 79.9. The molecule has 1 amide bonds. The van der Waals surface area contributed by atoms with Gasteiger partial charge in [-0.3, -0.25) is 4.79 Å². The third-order valence-corrected chi connectivity index (χ3v) is 4.21. The molecule has 6 heteroatoms. The number of rotatable bonds is 3. The van der Waals surface area contributed by atoms with Crippen molar-refractivity contribution in [1.82, 2.24) is 10.3 Å². The zero-order chi connectivity index (χ0) is 13.1. The molecule has 1 atom stereocenters. The highest BCUT2D eigenvalue weighted by Crippen LogP contribution is 2.26. The van der Waals surface area contributed by atoms with Gasteiger partial charge in [0, 0.05) is 15.5 Å². The van der Waals surface area contributed by atoms with Crippen LogP contribution in [0.3, 0.4) is 0 Å². The summed E-state index contributed by atoms with van der Waals surface area (Å²) in [5, 5.41) is 2.88. The molecule has 2 aromatic rings. The van der Waals surface area contributed by atoms with E-state index in [1.54, 1.807) is 18.3 Å². The van der Waals surface area contributed by atoms with Crippen LogP contribution < -0.4 is 5.32 Å². The number of thiophene rings is 1. The summed E-state index contributed by atoms with van der Waals surface area (Å²) in [6.45, 7) is 1.92. The molecule has 0 spiro atoms. The first kappa shape index (κ1) is 13.5. The van der Waals surface area contributed by atoms with Crippen LogP contribution >= 0.6 is 38.9 Å². The van der Waals surface area contributed by atoms with Crippen molar-refractivity contribution in [2.24, 2.45) is 0 Å². The van der Waals surface area contributed by atoms with E-state index < -0.39 is 0 Å². The van der Waals surface area contributed by atoms with E-state index in [-0.39, 0.29) is 11.9 Å². The lowest BCUT2D eigenvalue weighted by Gasteiger charge is -2.11. The highest BCUT2D eigenvalue weighted by molar-refractivity contribution is 9.10. The van der Waals surface area contributed by atoms with Crippen LogP contribution in [-0.2, 0) is 0 Å². The fourth-order valence-corrected chi connectivity index (χ4v) is 2.71. The van der Waals surface area contributed by atoms with Crippen LogP contribution in [0.15, 0.2) is 34.9 Å². The molecule has 0 saturated carbocycles. The number of carbonyl (C=O) groups is 1. The van der Waals surface area contributed by atoms with E-state index in [1.165, 1.54) is 11.3 Å². The molecule has 0 fully saturated rings. The van der Waals surface area contributed by atoms with E-state index in [2.05, 4.69) is 26.2 Å². The van der Waals surface area contributed by atoms with E-state index in [1.807, 2.05) is 19.1 Å². The first-order valence-corrected chi connectivity index (χ1v) is 7.22. The monoisotopic (exact) mass is 344 g/mol. The third-order valence-electron chi connectivity index (χ3n) is 2.33. The van der Waals surface area contributed by atoms with Gasteiger partial charge in [-0.25, -0.2) is 4.98 Å². The maximum absolute atomic E-state index is 11.9. The number of halogens is 2.